The minimum Gasteiger partial charge on any atom is -0.442 e. The van der Waals surface area contributed by atoms with Crippen molar-refractivity contribution < 1.29 is 23.8 Å². The number of aliphatic hydroxyl groups is 1. The highest BCUT2D eigenvalue weighted by molar-refractivity contribution is 7.14. The first-order valence-corrected chi connectivity index (χ1v) is 9.18. The molecule has 2 amide bonds. The molecule has 1 aromatic heterocycles. The third-order valence-electron chi connectivity index (χ3n) is 3.88. The van der Waals surface area contributed by atoms with Crippen molar-refractivity contribution in [2.75, 3.05) is 18.0 Å². The first-order chi connectivity index (χ1) is 12.8. The molecule has 10 heteroatoms. The second-order valence-corrected chi connectivity index (χ2v) is 7.33. The molecule has 27 heavy (non-hydrogen) atoms. The van der Waals surface area contributed by atoms with Gasteiger partial charge in [-0.05, 0) is 25.1 Å². The largest absolute Gasteiger partial charge is 0.442 e. The summed E-state index contributed by atoms with van der Waals surface area (Å²) in [5, 5.41) is 20.9. The van der Waals surface area contributed by atoms with Gasteiger partial charge in [0.2, 0.25) is 5.91 Å². The van der Waals surface area contributed by atoms with E-state index in [0.717, 1.165) is 0 Å². The molecule has 0 spiro atoms. The number of ether oxygens (including phenoxy) is 1. The normalized spacial score (nSPS) is 17.7. The molecule has 0 radical (unpaired) electrons. The van der Waals surface area contributed by atoms with Crippen molar-refractivity contribution in [1.29, 1.82) is 0 Å². The molecule has 144 valence electrons. The Balaban J connectivity index is 1.74. The van der Waals surface area contributed by atoms with Crippen LogP contribution in [0.1, 0.15) is 18.9 Å². The second kappa shape index (κ2) is 7.97. The Morgan fingerprint density at radius 1 is 1.52 bits per heavy atom. The van der Waals surface area contributed by atoms with Crippen LogP contribution in [-0.4, -0.2) is 52.6 Å². The van der Waals surface area contributed by atoms with Gasteiger partial charge in [-0.3, -0.25) is 9.69 Å². The zero-order valence-electron chi connectivity index (χ0n) is 14.8. The zero-order chi connectivity index (χ0) is 19.6. The molecule has 3 rings (SSSR count). The summed E-state index contributed by atoms with van der Waals surface area (Å²) in [6.07, 6.45) is -1.28. The fraction of sp³-hybridized carbons (Fsp3) is 0.412. The predicted molar refractivity (Wildman–Crippen MR) is 97.0 cm³/mol. The van der Waals surface area contributed by atoms with Gasteiger partial charge < -0.3 is 15.2 Å². The number of nitrogens with zero attached hydrogens (tertiary/aromatic N) is 3. The van der Waals surface area contributed by atoms with Crippen molar-refractivity contribution in [2.45, 2.75) is 32.5 Å². The molecule has 2 heterocycles. The monoisotopic (exact) mass is 394 g/mol. The highest BCUT2D eigenvalue weighted by atomic mass is 32.1. The molecular weight excluding hydrogens is 375 g/mol. The molecule has 2 N–H and O–H groups in total. The third kappa shape index (κ3) is 4.58. The number of aromatic nitrogens is 2. The zero-order valence-corrected chi connectivity index (χ0v) is 15.6. The van der Waals surface area contributed by atoms with Crippen molar-refractivity contribution in [3.63, 3.8) is 0 Å². The maximum atomic E-state index is 14.6. The molecule has 8 nitrogen and oxygen atoms in total. The van der Waals surface area contributed by atoms with Gasteiger partial charge in [0.15, 0.2) is 5.01 Å². The van der Waals surface area contributed by atoms with Gasteiger partial charge in [-0.2, -0.15) is 0 Å². The fourth-order valence-electron chi connectivity index (χ4n) is 2.64. The van der Waals surface area contributed by atoms with E-state index in [1.807, 2.05) is 0 Å². The Bertz CT molecular complexity index is 857. The Hall–Kier alpha value is -2.59. The predicted octanol–water partition coefficient (Wildman–Crippen LogP) is 1.73. The molecule has 0 saturated carbocycles. The quantitative estimate of drug-likeness (QED) is 0.773. The molecule has 2 atom stereocenters. The Morgan fingerprint density at radius 3 is 2.96 bits per heavy atom. The average molecular weight is 394 g/mol. The number of halogens is 1. The van der Waals surface area contributed by atoms with Crippen LogP contribution in [0.15, 0.2) is 18.2 Å². The highest BCUT2D eigenvalue weighted by Crippen LogP contribution is 2.31. The molecule has 1 aliphatic heterocycles. The van der Waals surface area contributed by atoms with Gasteiger partial charge in [0, 0.05) is 18.9 Å². The van der Waals surface area contributed by atoms with Crippen LogP contribution in [0.4, 0.5) is 14.9 Å². The number of hydrogen-bond acceptors (Lipinski definition) is 7. The number of cyclic esters (lactones) is 1. The van der Waals surface area contributed by atoms with Gasteiger partial charge in [-0.25, -0.2) is 9.18 Å². The third-order valence-corrected chi connectivity index (χ3v) is 4.86. The molecular formula is C17H19FN4O4S. The second-order valence-electron chi connectivity index (χ2n) is 6.27. The lowest BCUT2D eigenvalue weighted by Gasteiger charge is -2.14. The Labute approximate surface area is 159 Å². The van der Waals surface area contributed by atoms with E-state index in [2.05, 4.69) is 15.5 Å². The van der Waals surface area contributed by atoms with Crippen LogP contribution in [0.2, 0.25) is 0 Å². The van der Waals surface area contributed by atoms with Gasteiger partial charge in [0.25, 0.3) is 0 Å². The molecule has 2 aromatic rings. The summed E-state index contributed by atoms with van der Waals surface area (Å²) >= 11 is 1.21. The van der Waals surface area contributed by atoms with E-state index < -0.39 is 24.1 Å². The van der Waals surface area contributed by atoms with Gasteiger partial charge in [0.1, 0.15) is 16.9 Å². The first kappa shape index (κ1) is 19.2. The lowest BCUT2D eigenvalue weighted by atomic mass is 10.2. The van der Waals surface area contributed by atoms with Crippen LogP contribution in [0, 0.1) is 5.82 Å². The van der Waals surface area contributed by atoms with Crippen LogP contribution in [0.25, 0.3) is 10.6 Å². The molecule has 2 unspecified atom stereocenters. The number of aliphatic hydroxyl groups excluding tert-OH is 1. The number of anilines is 1. The maximum Gasteiger partial charge on any atom is 0.414 e. The van der Waals surface area contributed by atoms with E-state index in [1.165, 1.54) is 35.3 Å². The van der Waals surface area contributed by atoms with E-state index in [-0.39, 0.29) is 24.6 Å². The van der Waals surface area contributed by atoms with Gasteiger partial charge >= 0.3 is 6.09 Å². The van der Waals surface area contributed by atoms with Gasteiger partial charge in [-0.1, -0.05) is 11.3 Å². The molecule has 1 aliphatic rings. The number of nitrogens with one attached hydrogen (secondary N) is 1. The van der Waals surface area contributed by atoms with E-state index in [1.54, 1.807) is 13.0 Å². The Morgan fingerprint density at radius 2 is 2.30 bits per heavy atom. The number of rotatable bonds is 6. The number of carbonyl (C=O) groups excluding carboxylic acids is 2. The van der Waals surface area contributed by atoms with Crippen molar-refractivity contribution in [3.05, 3.63) is 29.0 Å². The van der Waals surface area contributed by atoms with Crippen LogP contribution in [-0.2, 0) is 16.0 Å². The van der Waals surface area contributed by atoms with Crippen molar-refractivity contribution >= 4 is 29.0 Å². The topological polar surface area (TPSA) is 105 Å². The minimum atomic E-state index is -0.590. The van der Waals surface area contributed by atoms with E-state index in [0.29, 0.717) is 22.1 Å². The average Bonchev–Trinajstić information content (AvgIpc) is 3.19. The number of hydrogen-bond donors (Lipinski definition) is 2. The minimum absolute atomic E-state index is 0.203. The van der Waals surface area contributed by atoms with Crippen molar-refractivity contribution in [2.24, 2.45) is 0 Å². The number of carbonyl (C=O) groups is 2. The molecule has 1 aromatic carbocycles. The van der Waals surface area contributed by atoms with Crippen LogP contribution in [0.3, 0.4) is 0 Å². The SMILES string of the molecule is CC(=O)NCC1CN(c2ccc(-c3nnc(CC(C)O)s3)c(F)c2)C(=O)O1. The first-order valence-electron chi connectivity index (χ1n) is 8.36. The van der Waals surface area contributed by atoms with E-state index in [4.69, 9.17) is 4.74 Å². The molecule has 0 bridgehead atoms. The van der Waals surface area contributed by atoms with Crippen LogP contribution >= 0.6 is 11.3 Å². The van der Waals surface area contributed by atoms with Crippen LogP contribution < -0.4 is 10.2 Å². The lowest BCUT2D eigenvalue weighted by Crippen LogP contribution is -2.33. The summed E-state index contributed by atoms with van der Waals surface area (Å²) in [4.78, 5) is 24.3. The van der Waals surface area contributed by atoms with Crippen LogP contribution in [0.5, 0.6) is 0 Å². The molecule has 1 saturated heterocycles. The van der Waals surface area contributed by atoms with Gasteiger partial charge in [-0.15, -0.1) is 10.2 Å². The lowest BCUT2D eigenvalue weighted by molar-refractivity contribution is -0.119. The van der Waals surface area contributed by atoms with Crippen molar-refractivity contribution in [3.8, 4) is 10.6 Å². The number of benzene rings is 1. The standard InChI is InChI=1S/C17H19FN4O4S/c1-9(23)5-15-20-21-16(27-15)13-4-3-11(6-14(13)18)22-8-12(26-17(22)25)7-19-10(2)24/h3-4,6,9,12,23H,5,7-8H2,1-2H3,(H,19,24). The Kier molecular flexibility index (Phi) is 5.66. The smallest absolute Gasteiger partial charge is 0.414 e. The summed E-state index contributed by atoms with van der Waals surface area (Å²) in [5.41, 5.74) is 0.635. The maximum absolute atomic E-state index is 14.6. The summed E-state index contributed by atoms with van der Waals surface area (Å²) < 4.78 is 19.8. The highest BCUT2D eigenvalue weighted by Gasteiger charge is 2.32. The van der Waals surface area contributed by atoms with Crippen molar-refractivity contribution in [1.82, 2.24) is 15.5 Å². The molecule has 0 aliphatic carbocycles. The van der Waals surface area contributed by atoms with E-state index in [9.17, 15) is 19.1 Å². The van der Waals surface area contributed by atoms with E-state index >= 15 is 0 Å². The summed E-state index contributed by atoms with van der Waals surface area (Å²) in [7, 11) is 0. The number of amides is 2. The summed E-state index contributed by atoms with van der Waals surface area (Å²) in [6.45, 7) is 3.44. The fourth-order valence-corrected chi connectivity index (χ4v) is 3.63. The molecule has 1 fully saturated rings. The summed E-state index contributed by atoms with van der Waals surface area (Å²) in [6, 6.07) is 4.38. The summed E-state index contributed by atoms with van der Waals surface area (Å²) in [5.74, 6) is -0.753. The van der Waals surface area contributed by atoms with Gasteiger partial charge in [0.05, 0.1) is 24.9 Å².